The summed E-state index contributed by atoms with van der Waals surface area (Å²) in [6.07, 6.45) is -3.41. The van der Waals surface area contributed by atoms with Crippen molar-refractivity contribution in [3.05, 3.63) is 62.9 Å². The fourth-order valence-corrected chi connectivity index (χ4v) is 9.51. The Hall–Kier alpha value is -5.97. The van der Waals surface area contributed by atoms with E-state index in [-0.39, 0.29) is 31.0 Å². The number of amides is 3. The third-order valence-corrected chi connectivity index (χ3v) is 13.3. The number of halogens is 3. The molecule has 1 unspecified atom stereocenters. The summed E-state index contributed by atoms with van der Waals surface area (Å²) in [5.41, 5.74) is 8.52. The number of aryl methyl sites for hydroxylation is 1. The van der Waals surface area contributed by atoms with Crippen LogP contribution in [0.15, 0.2) is 35.1 Å². The summed E-state index contributed by atoms with van der Waals surface area (Å²) >= 11 is 0. The highest BCUT2D eigenvalue weighted by atomic mass is 19.4. The van der Waals surface area contributed by atoms with Crippen molar-refractivity contribution < 1.29 is 56.9 Å². The Balaban J connectivity index is 0.00000118. The molecule has 1 fully saturated rings. The van der Waals surface area contributed by atoms with Crippen molar-refractivity contribution in [2.24, 2.45) is 11.7 Å². The zero-order valence-corrected chi connectivity index (χ0v) is 40.2. The first-order valence-corrected chi connectivity index (χ1v) is 23.1. The molecule has 69 heavy (non-hydrogen) atoms. The average Bonchev–Trinajstić information content (AvgIpc) is 3.94. The first-order chi connectivity index (χ1) is 32.5. The average molecular weight is 972 g/mol. The van der Waals surface area contributed by atoms with Crippen molar-refractivity contribution in [2.45, 2.75) is 96.2 Å². The maximum Gasteiger partial charge on any atom is 0.490 e. The van der Waals surface area contributed by atoms with Gasteiger partial charge in [0.2, 0.25) is 17.7 Å². The number of likely N-dealkylation sites (tertiary alicyclic amines) is 1. The van der Waals surface area contributed by atoms with Gasteiger partial charge in [0.1, 0.15) is 30.1 Å². The number of esters is 1. The SMILES string of the molecule is CCc1c2c(nc3ccccc13)-c1cc3c(c(=O)n1C2)COC(=O)[C@]3(CC)C(C(=O)NCC(=O)N1CCC[C@H]1C(=O)N[C@H](C(=O)O)C(C)C)N(C)CCN(C)CCN(C)CCN.O=C(O)C(F)(F)F. The van der Waals surface area contributed by atoms with Crippen molar-refractivity contribution in [1.29, 1.82) is 0 Å². The lowest BCUT2D eigenvalue weighted by Crippen LogP contribution is -2.64. The number of cyclic esters (lactones) is 1. The molecule has 3 amide bonds. The fourth-order valence-electron chi connectivity index (χ4n) is 9.51. The van der Waals surface area contributed by atoms with Gasteiger partial charge >= 0.3 is 24.1 Å². The van der Waals surface area contributed by atoms with E-state index < -0.39 is 71.9 Å². The van der Waals surface area contributed by atoms with Crippen LogP contribution in [0.3, 0.4) is 0 Å². The molecule has 0 radical (unpaired) electrons. The number of para-hydroxylation sites is 1. The first-order valence-electron chi connectivity index (χ1n) is 23.1. The molecule has 0 bridgehead atoms. The highest BCUT2D eigenvalue weighted by Gasteiger charge is 2.56. The van der Waals surface area contributed by atoms with Gasteiger partial charge in [0, 0.05) is 56.8 Å². The highest BCUT2D eigenvalue weighted by molar-refractivity contribution is 5.98. The van der Waals surface area contributed by atoms with E-state index >= 15 is 0 Å². The maximum atomic E-state index is 14.9. The number of likely N-dealkylation sites (N-methyl/N-ethyl adjacent to an activating group) is 3. The van der Waals surface area contributed by atoms with E-state index in [2.05, 4.69) is 27.4 Å². The number of nitrogens with two attached hydrogens (primary N) is 1. The Kier molecular flexibility index (Phi) is 17.7. The number of aliphatic carboxylic acids is 2. The van der Waals surface area contributed by atoms with Crippen LogP contribution in [0.2, 0.25) is 0 Å². The van der Waals surface area contributed by atoms with Crippen LogP contribution in [0.5, 0.6) is 0 Å². The van der Waals surface area contributed by atoms with Crippen LogP contribution in [0.25, 0.3) is 22.3 Å². The zero-order chi connectivity index (χ0) is 51.1. The van der Waals surface area contributed by atoms with Gasteiger partial charge in [-0.25, -0.2) is 14.6 Å². The molecule has 6 N–H and O–H groups in total. The summed E-state index contributed by atoms with van der Waals surface area (Å²) in [4.78, 5) is 104. The van der Waals surface area contributed by atoms with Gasteiger partial charge in [-0.05, 0) is 76.0 Å². The predicted molar refractivity (Wildman–Crippen MR) is 248 cm³/mol. The molecule has 0 spiro atoms. The normalized spacial score (nSPS) is 18.3. The van der Waals surface area contributed by atoms with E-state index in [1.807, 2.05) is 44.4 Å². The van der Waals surface area contributed by atoms with E-state index in [4.69, 9.17) is 25.4 Å². The second-order valence-electron chi connectivity index (χ2n) is 18.1. The van der Waals surface area contributed by atoms with E-state index in [9.17, 15) is 47.0 Å². The van der Waals surface area contributed by atoms with Crippen LogP contribution in [-0.4, -0.2) is 173 Å². The number of hydrogen-bond donors (Lipinski definition) is 5. The number of ether oxygens (including phenoxy) is 1. The Morgan fingerprint density at radius 1 is 0.986 bits per heavy atom. The van der Waals surface area contributed by atoms with Crippen molar-refractivity contribution in [3.63, 3.8) is 0 Å². The van der Waals surface area contributed by atoms with Crippen LogP contribution in [0.4, 0.5) is 13.2 Å². The van der Waals surface area contributed by atoms with E-state index in [1.54, 1.807) is 37.3 Å². The summed E-state index contributed by atoms with van der Waals surface area (Å²) in [6.45, 7) is 10.7. The van der Waals surface area contributed by atoms with E-state index in [0.29, 0.717) is 61.5 Å². The number of hydrogen-bond acceptors (Lipinski definition) is 13. The summed E-state index contributed by atoms with van der Waals surface area (Å²) in [6, 6.07) is 6.45. The van der Waals surface area contributed by atoms with Crippen molar-refractivity contribution >= 4 is 46.5 Å². The minimum atomic E-state index is -5.08. The molecule has 378 valence electrons. The second kappa shape index (κ2) is 22.6. The molecule has 6 rings (SSSR count). The molecule has 0 aliphatic carbocycles. The van der Waals surface area contributed by atoms with Gasteiger partial charge in [-0.2, -0.15) is 13.2 Å². The molecular weight excluding hydrogens is 908 g/mol. The molecule has 0 saturated carbocycles. The number of carboxylic acid groups (broad SMARTS) is 2. The molecule has 4 atom stereocenters. The summed E-state index contributed by atoms with van der Waals surface area (Å²) in [5, 5.41) is 23.2. The van der Waals surface area contributed by atoms with Gasteiger partial charge in [0.15, 0.2) is 0 Å². The molecule has 1 saturated heterocycles. The third-order valence-electron chi connectivity index (χ3n) is 13.3. The zero-order valence-electron chi connectivity index (χ0n) is 40.2. The number of pyridine rings is 2. The number of carbonyl (C=O) groups is 6. The number of alkyl halides is 3. The lowest BCUT2D eigenvalue weighted by atomic mass is 9.68. The maximum absolute atomic E-state index is 14.9. The topological polar surface area (TPSA) is 250 Å². The molecule has 22 heteroatoms. The van der Waals surface area contributed by atoms with Crippen molar-refractivity contribution in [1.82, 2.24) is 39.8 Å². The number of fused-ring (bicyclic) bond motifs is 5. The second-order valence-corrected chi connectivity index (χ2v) is 18.1. The minimum absolute atomic E-state index is 0.0883. The van der Waals surface area contributed by atoms with Gasteiger partial charge in [0.25, 0.3) is 5.56 Å². The lowest BCUT2D eigenvalue weighted by Gasteiger charge is -2.45. The van der Waals surface area contributed by atoms with E-state index in [0.717, 1.165) is 48.1 Å². The van der Waals surface area contributed by atoms with Crippen LogP contribution in [0, 0.1) is 5.92 Å². The van der Waals surface area contributed by atoms with Crippen molar-refractivity contribution in [2.75, 3.05) is 73.5 Å². The number of nitrogens with zero attached hydrogens (tertiary/aromatic N) is 6. The molecule has 3 aliphatic rings. The predicted octanol–water partition coefficient (Wildman–Crippen LogP) is 1.78. The number of carbonyl (C=O) groups excluding carboxylic acids is 4. The fraction of sp³-hybridized carbons (Fsp3) is 0.574. The van der Waals surface area contributed by atoms with E-state index in [1.165, 1.54) is 4.90 Å². The molecule has 3 aromatic rings. The number of rotatable bonds is 19. The summed E-state index contributed by atoms with van der Waals surface area (Å²) in [5.74, 6) is -6.68. The Labute approximate surface area is 398 Å². The largest absolute Gasteiger partial charge is 0.490 e. The molecule has 1 aromatic carbocycles. The summed E-state index contributed by atoms with van der Waals surface area (Å²) < 4.78 is 39.3. The monoisotopic (exact) mass is 971 g/mol. The van der Waals surface area contributed by atoms with Gasteiger partial charge in [-0.3, -0.25) is 28.9 Å². The Bertz CT molecular complexity index is 2480. The quantitative estimate of drug-likeness (QED) is 0.0841. The van der Waals surface area contributed by atoms with Gasteiger partial charge < -0.3 is 50.6 Å². The van der Waals surface area contributed by atoms with Gasteiger partial charge in [0.05, 0.1) is 35.6 Å². The molecule has 2 aromatic heterocycles. The Morgan fingerprint density at radius 3 is 2.22 bits per heavy atom. The number of benzene rings is 1. The molecule has 3 aliphatic heterocycles. The Morgan fingerprint density at radius 2 is 1.62 bits per heavy atom. The number of carboxylic acids is 2. The molecule has 19 nitrogen and oxygen atoms in total. The molecule has 5 heterocycles. The number of nitrogens with one attached hydrogen (secondary N) is 2. The van der Waals surface area contributed by atoms with Crippen molar-refractivity contribution in [3.8, 4) is 11.4 Å². The lowest BCUT2D eigenvalue weighted by molar-refractivity contribution is -0.192. The van der Waals surface area contributed by atoms with Crippen LogP contribution < -0.4 is 21.9 Å². The van der Waals surface area contributed by atoms with Crippen LogP contribution in [0.1, 0.15) is 69.2 Å². The summed E-state index contributed by atoms with van der Waals surface area (Å²) in [7, 11) is 5.73. The van der Waals surface area contributed by atoms with Crippen LogP contribution >= 0.6 is 0 Å². The smallest absolute Gasteiger partial charge is 0.480 e. The highest BCUT2D eigenvalue weighted by Crippen LogP contribution is 2.44. The van der Waals surface area contributed by atoms with Gasteiger partial charge in [-0.15, -0.1) is 0 Å². The minimum Gasteiger partial charge on any atom is -0.480 e. The van der Waals surface area contributed by atoms with Gasteiger partial charge in [-0.1, -0.05) is 45.9 Å². The third kappa shape index (κ3) is 11.6. The first kappa shape index (κ1) is 54.0. The standard InChI is InChI=1S/C45H63N9O8.C2HF3O2/c1-8-28-29-13-10-11-14-33(29)48-38-30(28)25-54-35(38)23-32-31(42(54)58)26-62-44(61)45(32,9-2)39(52(7)22-21-51(6)20-19-50(5)18-16-46)41(57)47-24-36(55)53-17-12-15-34(53)40(56)49-37(27(3)4)43(59)60;3-2(4,5)1(6)7/h10-11,13-14,23,27,34,37,39H,8-9,12,15-22,24-26,46H2,1-7H3,(H,47,57)(H,49,56)(H,59,60);(H,6,7)/t34-,37-,39?,45-;/m0./s1. The molecular formula is C47H64F3N9O10. The van der Waals surface area contributed by atoms with Crippen LogP contribution in [-0.2, 0) is 58.5 Å². The number of aromatic nitrogens is 2.